The molecule has 216 valence electrons. The summed E-state index contributed by atoms with van der Waals surface area (Å²) in [6, 6.07) is 2.61. The van der Waals surface area contributed by atoms with Crippen LogP contribution in [0.1, 0.15) is 55.4 Å². The zero-order valence-electron chi connectivity index (χ0n) is 23.8. The fourth-order valence-corrected chi connectivity index (χ4v) is 80.6. The van der Waals surface area contributed by atoms with Crippen LogP contribution in [0, 0.1) is 0 Å². The summed E-state index contributed by atoms with van der Waals surface area (Å²) in [7, 11) is 0. The number of thioether (sulfide) groups is 8. The summed E-state index contributed by atoms with van der Waals surface area (Å²) in [6.07, 6.45) is 0. The molecule has 0 saturated carbocycles. The van der Waals surface area contributed by atoms with Crippen LogP contribution < -0.4 is 0 Å². The van der Waals surface area contributed by atoms with Crippen LogP contribution in [0.25, 0.3) is 0 Å². The van der Waals surface area contributed by atoms with Crippen molar-refractivity contribution in [3.05, 3.63) is 0 Å². The summed E-state index contributed by atoms with van der Waals surface area (Å²) in [5.41, 5.74) is 0. The van der Waals surface area contributed by atoms with Gasteiger partial charge < -0.3 is 0 Å². The number of hydrogen-bond acceptors (Lipinski definition) is 12. The van der Waals surface area contributed by atoms with E-state index in [-0.39, 0.29) is 0 Å². The van der Waals surface area contributed by atoms with Crippen molar-refractivity contribution in [1.82, 2.24) is 19.6 Å². The van der Waals surface area contributed by atoms with Crippen LogP contribution in [0.5, 0.6) is 0 Å². The molecule has 0 radical (unpaired) electrons. The second kappa shape index (κ2) is 15.4. The Bertz CT molecular complexity index is 571. The van der Waals surface area contributed by atoms with E-state index in [1.54, 1.807) is 0 Å². The third-order valence-electron chi connectivity index (χ3n) is 7.69. The Balaban J connectivity index is 1.66. The fraction of sp³-hybridized carbons (Fsp3) is 1.00. The Morgan fingerprint density at radius 1 is 0.378 bits per heavy atom. The van der Waals surface area contributed by atoms with Gasteiger partial charge in [-0.25, -0.2) is 0 Å². The topological polar surface area (TPSA) is 13.0 Å². The molecule has 0 spiro atoms. The van der Waals surface area contributed by atoms with E-state index in [4.69, 9.17) is 0 Å². The van der Waals surface area contributed by atoms with Crippen LogP contribution in [0.4, 0.5) is 0 Å². The molecule has 0 aromatic rings. The van der Waals surface area contributed by atoms with Gasteiger partial charge in [-0.05, 0) is 0 Å². The van der Waals surface area contributed by atoms with Crippen molar-refractivity contribution < 1.29 is 0 Å². The first-order chi connectivity index (χ1) is 17.6. The Hall–Kier alpha value is 3.44. The quantitative estimate of drug-likeness (QED) is 0.230. The van der Waals surface area contributed by atoms with Crippen molar-refractivity contribution in [2.24, 2.45) is 0 Å². The van der Waals surface area contributed by atoms with Crippen LogP contribution >= 0.6 is 94.1 Å². The van der Waals surface area contributed by atoms with Crippen LogP contribution in [0.2, 0.25) is 0 Å². The van der Waals surface area contributed by atoms with Gasteiger partial charge in [-0.15, -0.1) is 0 Å². The summed E-state index contributed by atoms with van der Waals surface area (Å²) in [4.78, 5) is 10.8. The molecule has 4 fully saturated rings. The second-order valence-electron chi connectivity index (χ2n) is 11.4. The predicted octanol–water partition coefficient (Wildman–Crippen LogP) is 7.32. The molecule has 13 heteroatoms. The maximum atomic E-state index is 2.70. The van der Waals surface area contributed by atoms with Gasteiger partial charge in [-0.2, -0.15) is 0 Å². The molecule has 4 nitrogen and oxygen atoms in total. The molecule has 4 aliphatic rings. The second-order valence-corrected chi connectivity index (χ2v) is 43.0. The van der Waals surface area contributed by atoms with Gasteiger partial charge in [-0.3, -0.25) is 0 Å². The van der Waals surface area contributed by atoms with E-state index >= 15 is 0 Å². The van der Waals surface area contributed by atoms with E-state index in [1.807, 2.05) is 0 Å². The van der Waals surface area contributed by atoms with Gasteiger partial charge in [0.15, 0.2) is 0 Å². The van der Waals surface area contributed by atoms with Crippen molar-refractivity contribution in [1.29, 1.82) is 0 Å². The van der Waals surface area contributed by atoms with Crippen LogP contribution in [-0.4, -0.2) is 120 Å². The summed E-state index contributed by atoms with van der Waals surface area (Å²) in [5, 5.41) is 0. The van der Waals surface area contributed by atoms with Gasteiger partial charge in [0.05, 0.1) is 0 Å². The molecule has 4 rings (SSSR count). The van der Waals surface area contributed by atoms with Crippen molar-refractivity contribution in [2.75, 3.05) is 47.0 Å². The van der Waals surface area contributed by atoms with Crippen molar-refractivity contribution in [2.45, 2.75) is 89.9 Å². The average molecular weight is 768 g/mol. The van der Waals surface area contributed by atoms with Gasteiger partial charge in [0.25, 0.3) is 0 Å². The van der Waals surface area contributed by atoms with E-state index in [1.165, 1.54) is 47.0 Å². The maximum absolute atomic E-state index is 2.94. The molecule has 4 saturated heterocycles. The van der Waals surface area contributed by atoms with E-state index < -0.39 is 18.4 Å². The zero-order chi connectivity index (χ0) is 26.7. The summed E-state index contributed by atoms with van der Waals surface area (Å²) in [6.45, 7) is 19.0. The molecule has 0 aromatic carbocycles. The number of hydrogen-bond donors (Lipinski definition) is 0. The van der Waals surface area contributed by atoms with Crippen LogP contribution in [0.3, 0.4) is 0 Å². The molecular formula is C24H48N4S8Sn. The van der Waals surface area contributed by atoms with E-state index in [9.17, 15) is 0 Å². The molecule has 0 bridgehead atoms. The fourth-order valence-electron chi connectivity index (χ4n) is 4.66. The standard InChI is InChI=1S/4C6H12NS2.Sn/c4*1-6(2)7-3-8-5-9-4-7;/h4*5-6H,3-4H2,1-2H3;. The SMILES string of the molecule is CC(C)N1CS[CH]([Sn]([CH]2SCN(C(C)C)CS2)([CH]2SCN(C(C)C)CS2)[CH]2SCN(C(C)C)CS2)SC1. The van der Waals surface area contributed by atoms with Crippen LogP contribution in [-0.2, 0) is 0 Å². The molecule has 0 unspecified atom stereocenters. The van der Waals surface area contributed by atoms with Crippen LogP contribution in [0.15, 0.2) is 0 Å². The van der Waals surface area contributed by atoms with Gasteiger partial charge in [0.2, 0.25) is 0 Å². The minimum absolute atomic E-state index is 0.652. The monoisotopic (exact) mass is 768 g/mol. The van der Waals surface area contributed by atoms with Gasteiger partial charge in [-0.1, -0.05) is 0 Å². The van der Waals surface area contributed by atoms with Crippen molar-refractivity contribution >= 4 is 112 Å². The summed E-state index contributed by atoms with van der Waals surface area (Å²) >= 11 is 16.0. The average Bonchev–Trinajstić information content (AvgIpc) is 2.90. The Morgan fingerprint density at radius 3 is 0.676 bits per heavy atom. The molecule has 0 aliphatic carbocycles. The summed E-state index contributed by atoms with van der Waals surface area (Å²) < 4.78 is 3.41. The van der Waals surface area contributed by atoms with E-state index in [2.05, 4.69) is 169 Å². The molecule has 37 heavy (non-hydrogen) atoms. The molecule has 0 atom stereocenters. The molecule has 0 amide bonds. The van der Waals surface area contributed by atoms with E-state index in [0.29, 0.717) is 24.2 Å². The Morgan fingerprint density at radius 2 is 0.541 bits per heavy atom. The molecule has 0 N–H and O–H groups in total. The van der Waals surface area contributed by atoms with E-state index in [0.717, 1.165) is 10.4 Å². The first kappa shape index (κ1) is 33.3. The Kier molecular flexibility index (Phi) is 13.9. The van der Waals surface area contributed by atoms with Gasteiger partial charge in [0, 0.05) is 0 Å². The molecular weight excluding hydrogens is 720 g/mol. The molecule has 4 heterocycles. The number of nitrogens with zero attached hydrogens (tertiary/aromatic N) is 4. The molecule has 0 aromatic heterocycles. The van der Waals surface area contributed by atoms with Gasteiger partial charge in [0.1, 0.15) is 0 Å². The molecule has 4 aliphatic heterocycles. The van der Waals surface area contributed by atoms with Crippen molar-refractivity contribution in [3.63, 3.8) is 0 Å². The number of rotatable bonds is 8. The Labute approximate surface area is 266 Å². The minimum atomic E-state index is -2.94. The van der Waals surface area contributed by atoms with Crippen molar-refractivity contribution in [3.8, 4) is 0 Å². The first-order valence-electron chi connectivity index (χ1n) is 13.5. The third-order valence-corrected chi connectivity index (χ3v) is 59.9. The predicted molar refractivity (Wildman–Crippen MR) is 188 cm³/mol. The third kappa shape index (κ3) is 7.94. The summed E-state index contributed by atoms with van der Waals surface area (Å²) in [5.74, 6) is 9.85. The first-order valence-corrected chi connectivity index (χ1v) is 28.5. The zero-order valence-corrected chi connectivity index (χ0v) is 33.2. The van der Waals surface area contributed by atoms with Gasteiger partial charge >= 0.3 is 269 Å². The normalized spacial score (nSPS) is 26.9.